The maximum absolute atomic E-state index is 10.9. The van der Waals surface area contributed by atoms with Crippen molar-refractivity contribution in [2.45, 2.75) is 38.3 Å². The minimum Gasteiger partial charge on any atom is -0.481 e. The van der Waals surface area contributed by atoms with Crippen molar-refractivity contribution in [1.29, 1.82) is 0 Å². The van der Waals surface area contributed by atoms with Gasteiger partial charge in [0.25, 0.3) is 0 Å². The molecule has 4 heteroatoms. The summed E-state index contributed by atoms with van der Waals surface area (Å²) < 4.78 is 0. The topological polar surface area (TPSA) is 62.2 Å². The highest BCUT2D eigenvalue weighted by atomic mass is 16.4. The van der Waals surface area contributed by atoms with E-state index in [9.17, 15) is 4.79 Å². The summed E-state index contributed by atoms with van der Waals surface area (Å²) in [6, 6.07) is 6.15. The van der Waals surface area contributed by atoms with Crippen LogP contribution >= 0.6 is 0 Å². The first-order chi connectivity index (χ1) is 8.25. The van der Waals surface area contributed by atoms with Crippen LogP contribution in [0, 0.1) is 5.92 Å². The van der Waals surface area contributed by atoms with Crippen LogP contribution in [0.4, 0.5) is 0 Å². The minimum atomic E-state index is -0.658. The summed E-state index contributed by atoms with van der Waals surface area (Å²) in [6.07, 6.45) is 5.39. The Balaban J connectivity index is 1.81. The lowest BCUT2D eigenvalue weighted by molar-refractivity contribution is -0.143. The van der Waals surface area contributed by atoms with Crippen molar-refractivity contribution in [3.63, 3.8) is 0 Å². The Labute approximate surface area is 101 Å². The average molecular weight is 234 g/mol. The second kappa shape index (κ2) is 5.77. The number of aliphatic carboxylic acids is 1. The highest BCUT2D eigenvalue weighted by Crippen LogP contribution is 2.24. The molecule has 1 aromatic heterocycles. The highest BCUT2D eigenvalue weighted by Gasteiger charge is 2.26. The van der Waals surface area contributed by atoms with E-state index in [2.05, 4.69) is 10.3 Å². The summed E-state index contributed by atoms with van der Waals surface area (Å²) in [7, 11) is 0. The summed E-state index contributed by atoms with van der Waals surface area (Å²) in [4.78, 5) is 15.2. The number of nitrogens with zero attached hydrogens (tertiary/aromatic N) is 1. The molecule has 1 fully saturated rings. The first kappa shape index (κ1) is 12.0. The molecular weight excluding hydrogens is 216 g/mol. The summed E-state index contributed by atoms with van der Waals surface area (Å²) in [5.41, 5.74) is 1.00. The SMILES string of the molecule is O=C(O)C1CCCC(NCc2ccccn2)C1. The van der Waals surface area contributed by atoms with Crippen molar-refractivity contribution < 1.29 is 9.90 Å². The van der Waals surface area contributed by atoms with E-state index in [0.717, 1.165) is 37.9 Å². The van der Waals surface area contributed by atoms with Gasteiger partial charge in [-0.05, 0) is 31.4 Å². The van der Waals surface area contributed by atoms with E-state index in [1.54, 1.807) is 6.20 Å². The van der Waals surface area contributed by atoms with Crippen LogP contribution < -0.4 is 5.32 Å². The van der Waals surface area contributed by atoms with Gasteiger partial charge in [-0.15, -0.1) is 0 Å². The molecule has 1 aliphatic rings. The standard InChI is InChI=1S/C13H18N2O2/c16-13(17)10-4-3-6-11(8-10)15-9-12-5-1-2-7-14-12/h1-2,5,7,10-11,15H,3-4,6,8-9H2,(H,16,17). The number of hydrogen-bond donors (Lipinski definition) is 2. The maximum atomic E-state index is 10.9. The van der Waals surface area contributed by atoms with Gasteiger partial charge in [-0.1, -0.05) is 12.5 Å². The third-order valence-corrected chi connectivity index (χ3v) is 3.32. The zero-order valence-corrected chi connectivity index (χ0v) is 9.80. The summed E-state index contributed by atoms with van der Waals surface area (Å²) in [6.45, 7) is 0.720. The van der Waals surface area contributed by atoms with Crippen molar-refractivity contribution in [2.24, 2.45) is 5.92 Å². The van der Waals surface area contributed by atoms with Gasteiger partial charge >= 0.3 is 5.97 Å². The maximum Gasteiger partial charge on any atom is 0.306 e. The predicted octanol–water partition coefficient (Wildman–Crippen LogP) is 1.81. The van der Waals surface area contributed by atoms with Crippen molar-refractivity contribution in [1.82, 2.24) is 10.3 Å². The predicted molar refractivity (Wildman–Crippen MR) is 64.5 cm³/mol. The van der Waals surface area contributed by atoms with E-state index >= 15 is 0 Å². The van der Waals surface area contributed by atoms with Gasteiger partial charge in [0.05, 0.1) is 11.6 Å². The van der Waals surface area contributed by atoms with Gasteiger partial charge in [0.15, 0.2) is 0 Å². The molecule has 2 atom stereocenters. The number of rotatable bonds is 4. The number of carboxylic acids is 1. The Bertz CT molecular complexity index is 367. The molecule has 0 radical (unpaired) electrons. The second-order valence-corrected chi connectivity index (χ2v) is 4.60. The van der Waals surface area contributed by atoms with Crippen LogP contribution in [0.15, 0.2) is 24.4 Å². The van der Waals surface area contributed by atoms with Crippen molar-refractivity contribution in [3.05, 3.63) is 30.1 Å². The number of carbonyl (C=O) groups is 1. The second-order valence-electron chi connectivity index (χ2n) is 4.60. The first-order valence-electron chi connectivity index (χ1n) is 6.12. The molecule has 2 unspecified atom stereocenters. The molecule has 0 saturated heterocycles. The number of nitrogens with one attached hydrogen (secondary N) is 1. The third kappa shape index (κ3) is 3.53. The molecule has 1 saturated carbocycles. The third-order valence-electron chi connectivity index (χ3n) is 3.32. The minimum absolute atomic E-state index is 0.176. The highest BCUT2D eigenvalue weighted by molar-refractivity contribution is 5.70. The van der Waals surface area contributed by atoms with E-state index in [1.165, 1.54) is 0 Å². The van der Waals surface area contributed by atoms with Crippen molar-refractivity contribution >= 4 is 5.97 Å². The number of pyridine rings is 1. The molecule has 0 bridgehead atoms. The van der Waals surface area contributed by atoms with Crippen LogP contribution in [-0.2, 0) is 11.3 Å². The largest absolute Gasteiger partial charge is 0.481 e. The molecule has 1 aliphatic carbocycles. The molecule has 1 aromatic rings. The van der Waals surface area contributed by atoms with Gasteiger partial charge in [-0.2, -0.15) is 0 Å². The van der Waals surface area contributed by atoms with E-state index in [-0.39, 0.29) is 5.92 Å². The number of aromatic nitrogens is 1. The van der Waals surface area contributed by atoms with Crippen LogP contribution in [0.2, 0.25) is 0 Å². The van der Waals surface area contributed by atoms with Crippen LogP contribution in [-0.4, -0.2) is 22.1 Å². The smallest absolute Gasteiger partial charge is 0.306 e. The van der Waals surface area contributed by atoms with Gasteiger partial charge in [-0.25, -0.2) is 0 Å². The lowest BCUT2D eigenvalue weighted by Crippen LogP contribution is -2.36. The molecular formula is C13H18N2O2. The molecule has 4 nitrogen and oxygen atoms in total. The van der Waals surface area contributed by atoms with Gasteiger partial charge in [0.1, 0.15) is 0 Å². The number of carboxylic acid groups (broad SMARTS) is 1. The fraction of sp³-hybridized carbons (Fsp3) is 0.538. The van der Waals surface area contributed by atoms with Gasteiger partial charge < -0.3 is 10.4 Å². The van der Waals surface area contributed by atoms with Crippen molar-refractivity contribution in [2.75, 3.05) is 0 Å². The molecule has 0 aromatic carbocycles. The fourth-order valence-electron chi connectivity index (χ4n) is 2.35. The summed E-state index contributed by atoms with van der Waals surface area (Å²) in [5.74, 6) is -0.834. The molecule has 17 heavy (non-hydrogen) atoms. The Morgan fingerprint density at radius 3 is 3.06 bits per heavy atom. The Hall–Kier alpha value is -1.42. The lowest BCUT2D eigenvalue weighted by Gasteiger charge is -2.27. The molecule has 1 heterocycles. The fourth-order valence-corrected chi connectivity index (χ4v) is 2.35. The van der Waals surface area contributed by atoms with Crippen LogP contribution in [0.3, 0.4) is 0 Å². The molecule has 0 aliphatic heterocycles. The van der Waals surface area contributed by atoms with E-state index < -0.39 is 5.97 Å². The molecule has 0 spiro atoms. The van der Waals surface area contributed by atoms with E-state index in [1.807, 2.05) is 18.2 Å². The Morgan fingerprint density at radius 1 is 1.47 bits per heavy atom. The lowest BCUT2D eigenvalue weighted by atomic mass is 9.86. The quantitative estimate of drug-likeness (QED) is 0.834. The zero-order chi connectivity index (χ0) is 12.1. The van der Waals surface area contributed by atoms with Crippen LogP contribution in [0.5, 0.6) is 0 Å². The Morgan fingerprint density at radius 2 is 2.35 bits per heavy atom. The molecule has 0 amide bonds. The summed E-state index contributed by atoms with van der Waals surface area (Å²) >= 11 is 0. The molecule has 92 valence electrons. The van der Waals surface area contributed by atoms with E-state index in [4.69, 9.17) is 5.11 Å². The summed E-state index contributed by atoms with van der Waals surface area (Å²) in [5, 5.41) is 12.4. The van der Waals surface area contributed by atoms with Crippen molar-refractivity contribution in [3.8, 4) is 0 Å². The Kier molecular flexibility index (Phi) is 4.09. The number of hydrogen-bond acceptors (Lipinski definition) is 3. The van der Waals surface area contributed by atoms with Gasteiger partial charge in [0, 0.05) is 18.8 Å². The van der Waals surface area contributed by atoms with Gasteiger partial charge in [0.2, 0.25) is 0 Å². The first-order valence-corrected chi connectivity index (χ1v) is 6.12. The molecule has 2 N–H and O–H groups in total. The average Bonchev–Trinajstić information content (AvgIpc) is 2.38. The normalized spacial score (nSPS) is 24.5. The van der Waals surface area contributed by atoms with E-state index in [0.29, 0.717) is 6.04 Å². The van der Waals surface area contributed by atoms with Crippen LogP contribution in [0.1, 0.15) is 31.4 Å². The molecule has 2 rings (SSSR count). The zero-order valence-electron chi connectivity index (χ0n) is 9.80. The monoisotopic (exact) mass is 234 g/mol. The van der Waals surface area contributed by atoms with Gasteiger partial charge in [-0.3, -0.25) is 9.78 Å². The van der Waals surface area contributed by atoms with Crippen LogP contribution in [0.25, 0.3) is 0 Å².